The van der Waals surface area contributed by atoms with Gasteiger partial charge in [-0.05, 0) is 36.6 Å². The Hall–Kier alpha value is -3.27. The Labute approximate surface area is 178 Å². The van der Waals surface area contributed by atoms with E-state index in [1.807, 2.05) is 18.2 Å². The number of benzene rings is 3. The Bertz CT molecular complexity index is 1050. The molecule has 5 rings (SSSR count). The summed E-state index contributed by atoms with van der Waals surface area (Å²) in [6.45, 7) is 0. The van der Waals surface area contributed by atoms with Gasteiger partial charge in [0.05, 0.1) is 17.4 Å². The molecule has 0 radical (unpaired) electrons. The first-order chi connectivity index (χ1) is 14.8. The van der Waals surface area contributed by atoms with Crippen molar-refractivity contribution in [3.63, 3.8) is 0 Å². The molecule has 0 bridgehead atoms. The third kappa shape index (κ3) is 3.22. The molecule has 3 aromatic carbocycles. The number of aliphatic imine (C=N–C) groups is 1. The highest BCUT2D eigenvalue weighted by Crippen LogP contribution is 2.44. The Morgan fingerprint density at radius 3 is 2.20 bits per heavy atom. The molecular formula is C26H28N4. The van der Waals surface area contributed by atoms with Crippen molar-refractivity contribution in [2.24, 2.45) is 4.99 Å². The minimum absolute atomic E-state index is 0.335. The fourth-order valence-electron chi connectivity index (χ4n) is 4.79. The van der Waals surface area contributed by atoms with E-state index in [1.54, 1.807) is 0 Å². The van der Waals surface area contributed by atoms with Gasteiger partial charge in [-0.2, -0.15) is 0 Å². The predicted octanol–water partition coefficient (Wildman–Crippen LogP) is 5.78. The zero-order valence-electron chi connectivity index (χ0n) is 17.1. The predicted molar refractivity (Wildman–Crippen MR) is 126 cm³/mol. The number of para-hydroxylation sites is 3. The molecule has 4 heteroatoms. The van der Waals surface area contributed by atoms with Crippen molar-refractivity contribution < 1.29 is 0 Å². The second-order valence-electron chi connectivity index (χ2n) is 8.27. The number of nitrogens with zero attached hydrogens (tertiary/aromatic N) is 1. The number of nitrogen functional groups attached to an aromatic ring is 1. The van der Waals surface area contributed by atoms with E-state index in [2.05, 4.69) is 71.3 Å². The molecule has 1 heterocycles. The maximum Gasteiger partial charge on any atom is 0.149 e. The van der Waals surface area contributed by atoms with Gasteiger partial charge >= 0.3 is 0 Å². The molecule has 1 aliphatic heterocycles. The molecule has 30 heavy (non-hydrogen) atoms. The van der Waals surface area contributed by atoms with Gasteiger partial charge in [0.2, 0.25) is 0 Å². The molecule has 1 saturated carbocycles. The number of anilines is 3. The molecule has 3 aromatic rings. The third-order valence-electron chi connectivity index (χ3n) is 6.32. The largest absolute Gasteiger partial charge is 0.398 e. The molecule has 0 saturated heterocycles. The highest BCUT2D eigenvalue weighted by molar-refractivity contribution is 6.12. The summed E-state index contributed by atoms with van der Waals surface area (Å²) in [7, 11) is 0. The van der Waals surface area contributed by atoms with Gasteiger partial charge in [0, 0.05) is 11.3 Å². The fourth-order valence-corrected chi connectivity index (χ4v) is 4.79. The minimum atomic E-state index is -0.668. The Kier molecular flexibility index (Phi) is 4.91. The molecule has 4 nitrogen and oxygen atoms in total. The second-order valence-corrected chi connectivity index (χ2v) is 8.27. The van der Waals surface area contributed by atoms with Gasteiger partial charge < -0.3 is 16.4 Å². The molecule has 0 amide bonds. The van der Waals surface area contributed by atoms with Gasteiger partial charge in [0.25, 0.3) is 0 Å². The van der Waals surface area contributed by atoms with Crippen LogP contribution < -0.4 is 16.4 Å². The summed E-state index contributed by atoms with van der Waals surface area (Å²) in [6, 6.07) is 27.3. The highest BCUT2D eigenvalue weighted by atomic mass is 15.2. The van der Waals surface area contributed by atoms with E-state index in [4.69, 9.17) is 10.7 Å². The molecule has 1 unspecified atom stereocenters. The normalized spacial score (nSPS) is 22.7. The van der Waals surface area contributed by atoms with Crippen LogP contribution in [0.1, 0.15) is 43.2 Å². The topological polar surface area (TPSA) is 62.4 Å². The SMILES string of the molecule is Nc1ccccc1C1(c2ccccc2)Nc2ccccc2NC1=NC1CCCCC1. The van der Waals surface area contributed by atoms with E-state index in [9.17, 15) is 0 Å². The first-order valence-corrected chi connectivity index (χ1v) is 10.9. The standard InChI is InChI=1S/C26H28N4/c27-22-16-8-7-15-21(22)26(19-11-3-1-4-12-19)25(28-20-13-5-2-6-14-20)29-23-17-9-10-18-24(23)30-26/h1,3-4,7-12,15-18,20,30H,2,5-6,13-14,27H2,(H,28,29). The van der Waals surface area contributed by atoms with Crippen molar-refractivity contribution in [2.45, 2.75) is 43.7 Å². The maximum atomic E-state index is 6.57. The van der Waals surface area contributed by atoms with E-state index in [0.717, 1.165) is 46.9 Å². The van der Waals surface area contributed by atoms with Crippen LogP contribution in [0.25, 0.3) is 0 Å². The van der Waals surface area contributed by atoms with Crippen LogP contribution in [0.5, 0.6) is 0 Å². The molecule has 0 aromatic heterocycles. The van der Waals surface area contributed by atoms with Gasteiger partial charge in [-0.15, -0.1) is 0 Å². The Morgan fingerprint density at radius 1 is 0.767 bits per heavy atom. The van der Waals surface area contributed by atoms with Gasteiger partial charge in [-0.1, -0.05) is 79.9 Å². The summed E-state index contributed by atoms with van der Waals surface area (Å²) < 4.78 is 0. The van der Waals surface area contributed by atoms with E-state index >= 15 is 0 Å². The maximum absolute atomic E-state index is 6.57. The van der Waals surface area contributed by atoms with Crippen LogP contribution >= 0.6 is 0 Å². The number of hydrogen-bond acceptors (Lipinski definition) is 3. The van der Waals surface area contributed by atoms with Crippen molar-refractivity contribution in [1.82, 2.24) is 0 Å². The number of fused-ring (bicyclic) bond motifs is 1. The lowest BCUT2D eigenvalue weighted by Crippen LogP contribution is -2.51. The summed E-state index contributed by atoms with van der Waals surface area (Å²) >= 11 is 0. The molecule has 152 valence electrons. The summed E-state index contributed by atoms with van der Waals surface area (Å²) in [6.07, 6.45) is 6.09. The highest BCUT2D eigenvalue weighted by Gasteiger charge is 2.45. The van der Waals surface area contributed by atoms with Crippen LogP contribution in [0, 0.1) is 0 Å². The molecule has 0 spiro atoms. The number of nitrogens with two attached hydrogens (primary N) is 1. The third-order valence-corrected chi connectivity index (χ3v) is 6.32. The average Bonchev–Trinajstić information content (AvgIpc) is 2.80. The van der Waals surface area contributed by atoms with Crippen molar-refractivity contribution in [3.05, 3.63) is 90.0 Å². The summed E-state index contributed by atoms with van der Waals surface area (Å²) in [5, 5.41) is 7.54. The number of hydrogen-bond donors (Lipinski definition) is 3. The molecule has 1 fully saturated rings. The number of nitrogens with one attached hydrogen (secondary N) is 2. The lowest BCUT2D eigenvalue weighted by Gasteiger charge is -2.43. The van der Waals surface area contributed by atoms with Crippen molar-refractivity contribution >= 4 is 22.9 Å². The summed E-state index contributed by atoms with van der Waals surface area (Å²) in [5.74, 6) is 0.928. The van der Waals surface area contributed by atoms with Crippen molar-refractivity contribution in [1.29, 1.82) is 0 Å². The Morgan fingerprint density at radius 2 is 1.43 bits per heavy atom. The minimum Gasteiger partial charge on any atom is -0.398 e. The van der Waals surface area contributed by atoms with Crippen LogP contribution in [0.3, 0.4) is 0 Å². The van der Waals surface area contributed by atoms with Crippen molar-refractivity contribution in [2.75, 3.05) is 16.4 Å². The number of amidine groups is 1. The van der Waals surface area contributed by atoms with E-state index in [-0.39, 0.29) is 0 Å². The van der Waals surface area contributed by atoms with E-state index in [0.29, 0.717) is 6.04 Å². The quantitative estimate of drug-likeness (QED) is 0.492. The molecular weight excluding hydrogens is 368 g/mol. The summed E-state index contributed by atoms with van der Waals surface area (Å²) in [5.41, 5.74) is 10.9. The van der Waals surface area contributed by atoms with Crippen LogP contribution in [0.4, 0.5) is 17.1 Å². The van der Waals surface area contributed by atoms with Gasteiger partial charge in [-0.3, -0.25) is 4.99 Å². The van der Waals surface area contributed by atoms with Crippen LogP contribution in [0.2, 0.25) is 0 Å². The van der Waals surface area contributed by atoms with Gasteiger partial charge in [0.15, 0.2) is 0 Å². The van der Waals surface area contributed by atoms with Crippen LogP contribution in [-0.2, 0) is 5.54 Å². The molecule has 1 atom stereocenters. The zero-order chi connectivity index (χ0) is 20.4. The van der Waals surface area contributed by atoms with Crippen molar-refractivity contribution in [3.8, 4) is 0 Å². The average molecular weight is 397 g/mol. The molecule has 2 aliphatic rings. The van der Waals surface area contributed by atoms with Crippen LogP contribution in [0.15, 0.2) is 83.9 Å². The molecule has 1 aliphatic carbocycles. The van der Waals surface area contributed by atoms with E-state index < -0.39 is 5.54 Å². The van der Waals surface area contributed by atoms with Crippen LogP contribution in [-0.4, -0.2) is 11.9 Å². The molecule has 4 N–H and O–H groups in total. The van der Waals surface area contributed by atoms with Gasteiger partial charge in [0.1, 0.15) is 11.4 Å². The fraction of sp³-hybridized carbons (Fsp3) is 0.269. The zero-order valence-corrected chi connectivity index (χ0v) is 17.1. The first-order valence-electron chi connectivity index (χ1n) is 10.9. The Balaban J connectivity index is 1.76. The number of rotatable bonds is 3. The second kappa shape index (κ2) is 7.86. The first kappa shape index (κ1) is 18.7. The smallest absolute Gasteiger partial charge is 0.149 e. The van der Waals surface area contributed by atoms with Gasteiger partial charge in [-0.25, -0.2) is 0 Å². The summed E-state index contributed by atoms with van der Waals surface area (Å²) in [4.78, 5) is 5.33. The lowest BCUT2D eigenvalue weighted by atomic mass is 9.78. The lowest BCUT2D eigenvalue weighted by molar-refractivity contribution is 0.441. The monoisotopic (exact) mass is 396 g/mol. The van der Waals surface area contributed by atoms with E-state index in [1.165, 1.54) is 19.3 Å².